The van der Waals surface area contributed by atoms with Gasteiger partial charge < -0.3 is 14.8 Å². The first-order valence-corrected chi connectivity index (χ1v) is 6.73. The highest BCUT2D eigenvalue weighted by Crippen LogP contribution is 2.29. The molecule has 2 aromatic rings. The predicted octanol–water partition coefficient (Wildman–Crippen LogP) is 2.52. The second-order valence-corrected chi connectivity index (χ2v) is 5.33. The lowest BCUT2D eigenvalue weighted by atomic mass is 10.2. The van der Waals surface area contributed by atoms with Gasteiger partial charge in [-0.15, -0.1) is 0 Å². The Bertz CT molecular complexity index is 657. The number of rotatable bonds is 2. The molecular formula is C11H8BrIN2O3. The van der Waals surface area contributed by atoms with Gasteiger partial charge in [-0.3, -0.25) is 4.79 Å². The van der Waals surface area contributed by atoms with Crippen molar-refractivity contribution >= 4 is 38.5 Å². The summed E-state index contributed by atoms with van der Waals surface area (Å²) >= 11 is 5.08. The molecule has 0 amide bonds. The number of aromatic amines is 1. The maximum absolute atomic E-state index is 11.5. The second kappa shape index (κ2) is 5.27. The predicted molar refractivity (Wildman–Crippen MR) is 78.9 cm³/mol. The molecule has 0 aliphatic rings. The highest BCUT2D eigenvalue weighted by molar-refractivity contribution is 14.1. The lowest BCUT2D eigenvalue weighted by Crippen LogP contribution is -2.12. The minimum absolute atomic E-state index is 0.170. The van der Waals surface area contributed by atoms with Crippen LogP contribution in [0.2, 0.25) is 0 Å². The van der Waals surface area contributed by atoms with Crippen LogP contribution in [0, 0.1) is 3.57 Å². The third-order valence-electron chi connectivity index (χ3n) is 2.27. The number of methoxy groups -OCH3 is 1. The van der Waals surface area contributed by atoms with Gasteiger partial charge in [0, 0.05) is 5.56 Å². The van der Waals surface area contributed by atoms with Crippen molar-refractivity contribution in [2.75, 3.05) is 7.11 Å². The monoisotopic (exact) mass is 422 g/mol. The molecule has 0 spiro atoms. The molecule has 1 aromatic heterocycles. The maximum Gasteiger partial charge on any atom is 0.268 e. The molecule has 2 rings (SSSR count). The third kappa shape index (κ3) is 2.51. The molecule has 0 saturated heterocycles. The maximum atomic E-state index is 11.5. The van der Waals surface area contributed by atoms with Gasteiger partial charge >= 0.3 is 0 Å². The number of ether oxygens (including phenoxy) is 1. The number of nitrogens with one attached hydrogen (secondary N) is 1. The first-order chi connectivity index (χ1) is 8.52. The third-order valence-corrected chi connectivity index (χ3v) is 3.86. The van der Waals surface area contributed by atoms with Crippen LogP contribution in [0.15, 0.2) is 27.5 Å². The van der Waals surface area contributed by atoms with Crippen molar-refractivity contribution in [2.45, 2.75) is 0 Å². The van der Waals surface area contributed by atoms with Gasteiger partial charge in [0.25, 0.3) is 5.56 Å². The molecule has 5 nitrogen and oxygen atoms in total. The van der Waals surface area contributed by atoms with Crippen molar-refractivity contribution in [3.8, 4) is 23.0 Å². The largest absolute Gasteiger partial charge is 0.496 e. The van der Waals surface area contributed by atoms with Gasteiger partial charge in [0.15, 0.2) is 0 Å². The summed E-state index contributed by atoms with van der Waals surface area (Å²) in [6.45, 7) is 0. The molecule has 1 aromatic carbocycles. The quantitative estimate of drug-likeness (QED) is 0.729. The molecule has 1 heterocycles. The minimum atomic E-state index is -0.370. The van der Waals surface area contributed by atoms with E-state index in [4.69, 9.17) is 4.74 Å². The number of aromatic nitrogens is 2. The van der Waals surface area contributed by atoms with E-state index in [2.05, 4.69) is 25.9 Å². The van der Waals surface area contributed by atoms with Gasteiger partial charge in [0.2, 0.25) is 5.88 Å². The molecule has 0 unspecified atom stereocenters. The van der Waals surface area contributed by atoms with E-state index in [1.807, 2.05) is 0 Å². The van der Waals surface area contributed by atoms with E-state index in [1.165, 1.54) is 0 Å². The Labute approximate surface area is 124 Å². The number of nitrogens with zero attached hydrogens (tertiary/aromatic N) is 1. The fourth-order valence-corrected chi connectivity index (χ4v) is 2.19. The molecule has 7 heteroatoms. The van der Waals surface area contributed by atoms with Crippen LogP contribution in [0.5, 0.6) is 11.6 Å². The Morgan fingerprint density at radius 2 is 2.22 bits per heavy atom. The van der Waals surface area contributed by atoms with Gasteiger partial charge in [-0.1, -0.05) is 0 Å². The molecule has 94 valence electrons. The molecule has 0 fully saturated rings. The molecule has 18 heavy (non-hydrogen) atoms. The molecule has 0 bridgehead atoms. The van der Waals surface area contributed by atoms with Crippen LogP contribution >= 0.6 is 38.5 Å². The van der Waals surface area contributed by atoms with Crippen molar-refractivity contribution in [1.82, 2.24) is 9.97 Å². The zero-order chi connectivity index (χ0) is 13.3. The van der Waals surface area contributed by atoms with Crippen LogP contribution in [0.4, 0.5) is 0 Å². The molecular weight excluding hydrogens is 415 g/mol. The van der Waals surface area contributed by atoms with Crippen LogP contribution in [0.25, 0.3) is 11.4 Å². The molecule has 2 N–H and O–H groups in total. The van der Waals surface area contributed by atoms with E-state index >= 15 is 0 Å². The summed E-state index contributed by atoms with van der Waals surface area (Å²) in [6.07, 6.45) is 0. The topological polar surface area (TPSA) is 75.2 Å². The van der Waals surface area contributed by atoms with Gasteiger partial charge in [-0.25, -0.2) is 0 Å². The van der Waals surface area contributed by atoms with E-state index in [9.17, 15) is 9.90 Å². The molecule has 0 radical (unpaired) electrons. The standard InChI is InChI=1S/C11H8BrIN2O3/c1-18-7-3-2-5(4-6(7)12)9-14-10(16)8(13)11(17)15-9/h2-4H,1H3,(H2,14,15,16,17). The van der Waals surface area contributed by atoms with Crippen molar-refractivity contribution in [2.24, 2.45) is 0 Å². The average molecular weight is 423 g/mol. The van der Waals surface area contributed by atoms with Gasteiger partial charge in [-0.2, -0.15) is 4.98 Å². The average Bonchev–Trinajstić information content (AvgIpc) is 2.35. The SMILES string of the molecule is COc1ccc(-c2nc(O)c(I)c(=O)[nH]2)cc1Br. The number of H-pyrrole nitrogens is 1. The zero-order valence-corrected chi connectivity index (χ0v) is 12.9. The van der Waals surface area contributed by atoms with Crippen molar-refractivity contribution in [3.05, 3.63) is 36.6 Å². The number of hydrogen-bond donors (Lipinski definition) is 2. The summed E-state index contributed by atoms with van der Waals surface area (Å²) in [6, 6.07) is 5.24. The number of benzene rings is 1. The Morgan fingerprint density at radius 3 is 2.78 bits per heavy atom. The van der Waals surface area contributed by atoms with Gasteiger partial charge in [0.05, 0.1) is 11.6 Å². The fraction of sp³-hybridized carbons (Fsp3) is 0.0909. The van der Waals surface area contributed by atoms with E-state index in [1.54, 1.807) is 47.9 Å². The Kier molecular flexibility index (Phi) is 3.91. The minimum Gasteiger partial charge on any atom is -0.496 e. The van der Waals surface area contributed by atoms with Crippen LogP contribution in [-0.4, -0.2) is 22.2 Å². The highest BCUT2D eigenvalue weighted by atomic mass is 127. The normalized spacial score (nSPS) is 10.4. The lowest BCUT2D eigenvalue weighted by molar-refractivity contribution is 0.412. The molecule has 0 aliphatic carbocycles. The Hall–Kier alpha value is -1.09. The lowest BCUT2D eigenvalue weighted by Gasteiger charge is -2.06. The number of hydrogen-bond acceptors (Lipinski definition) is 4. The summed E-state index contributed by atoms with van der Waals surface area (Å²) in [4.78, 5) is 18.1. The number of aromatic hydroxyl groups is 1. The van der Waals surface area contributed by atoms with E-state index in [0.717, 1.165) is 4.47 Å². The van der Waals surface area contributed by atoms with Gasteiger partial charge in [0.1, 0.15) is 15.1 Å². The van der Waals surface area contributed by atoms with Crippen molar-refractivity contribution in [3.63, 3.8) is 0 Å². The van der Waals surface area contributed by atoms with Crippen molar-refractivity contribution < 1.29 is 9.84 Å². The fourth-order valence-electron chi connectivity index (χ4n) is 1.40. The van der Waals surface area contributed by atoms with E-state index in [0.29, 0.717) is 17.1 Å². The summed E-state index contributed by atoms with van der Waals surface area (Å²) in [5.74, 6) is 0.707. The van der Waals surface area contributed by atoms with Crippen LogP contribution in [0.3, 0.4) is 0 Å². The van der Waals surface area contributed by atoms with Crippen LogP contribution in [-0.2, 0) is 0 Å². The van der Waals surface area contributed by atoms with Crippen LogP contribution < -0.4 is 10.3 Å². The smallest absolute Gasteiger partial charge is 0.268 e. The van der Waals surface area contributed by atoms with Crippen LogP contribution in [0.1, 0.15) is 0 Å². The van der Waals surface area contributed by atoms with E-state index in [-0.39, 0.29) is 15.0 Å². The Balaban J connectivity index is 2.56. The molecule has 0 atom stereocenters. The first kappa shape index (κ1) is 13.3. The molecule has 0 saturated carbocycles. The number of halogens is 2. The van der Waals surface area contributed by atoms with E-state index < -0.39 is 0 Å². The summed E-state index contributed by atoms with van der Waals surface area (Å²) in [7, 11) is 1.57. The summed E-state index contributed by atoms with van der Waals surface area (Å²) in [5.41, 5.74) is 0.302. The first-order valence-electron chi connectivity index (χ1n) is 4.85. The highest BCUT2D eigenvalue weighted by Gasteiger charge is 2.10. The second-order valence-electron chi connectivity index (χ2n) is 3.40. The summed E-state index contributed by atoms with van der Waals surface area (Å²) < 4.78 is 6.02. The Morgan fingerprint density at radius 1 is 1.50 bits per heavy atom. The summed E-state index contributed by atoms with van der Waals surface area (Å²) in [5, 5.41) is 9.54. The van der Waals surface area contributed by atoms with Crippen molar-refractivity contribution in [1.29, 1.82) is 0 Å². The van der Waals surface area contributed by atoms with Gasteiger partial charge in [-0.05, 0) is 56.7 Å². The zero-order valence-electron chi connectivity index (χ0n) is 9.20. The molecule has 0 aliphatic heterocycles.